The third-order valence-corrected chi connectivity index (χ3v) is 5.06. The summed E-state index contributed by atoms with van der Waals surface area (Å²) in [5.74, 6) is 0.782. The van der Waals surface area contributed by atoms with Gasteiger partial charge in [-0.1, -0.05) is 36.4 Å². The molecule has 0 aliphatic carbocycles. The summed E-state index contributed by atoms with van der Waals surface area (Å²) in [5, 5.41) is 10.9. The largest absolute Gasteiger partial charge is 0.392 e. The number of anilines is 1. The standard InChI is InChI=1S/C24H23N7/c1-16(17-6-4-3-5-7-17)30-24-21-11-18(8-9-22(21)28-15-29-24)19-10-20(13-27-12-19)23(31-25)14-26-2/h3-16,25-26H,1-2H3,(H,28,29,30)/b23-14-,31-25?/t16-/m1/s1. The second-order valence-electron chi connectivity index (χ2n) is 7.12. The van der Waals surface area contributed by atoms with Crippen LogP contribution in [0.3, 0.4) is 0 Å². The quantitative estimate of drug-likeness (QED) is 0.354. The number of hydrogen-bond donors (Lipinski definition) is 3. The third-order valence-electron chi connectivity index (χ3n) is 5.06. The average molecular weight is 409 g/mol. The Morgan fingerprint density at radius 3 is 2.65 bits per heavy atom. The predicted octanol–water partition coefficient (Wildman–Crippen LogP) is 5.41. The van der Waals surface area contributed by atoms with Gasteiger partial charge in [0.1, 0.15) is 17.8 Å². The lowest BCUT2D eigenvalue weighted by Gasteiger charge is -2.16. The summed E-state index contributed by atoms with van der Waals surface area (Å²) in [6.45, 7) is 2.11. The molecule has 2 aromatic carbocycles. The van der Waals surface area contributed by atoms with Crippen LogP contribution in [-0.2, 0) is 0 Å². The first kappa shape index (κ1) is 20.2. The predicted molar refractivity (Wildman–Crippen MR) is 123 cm³/mol. The van der Waals surface area contributed by atoms with Gasteiger partial charge >= 0.3 is 0 Å². The molecule has 7 nitrogen and oxygen atoms in total. The molecule has 1 atom stereocenters. The fourth-order valence-electron chi connectivity index (χ4n) is 3.44. The van der Waals surface area contributed by atoms with Gasteiger partial charge in [0.25, 0.3) is 0 Å². The zero-order valence-corrected chi connectivity index (χ0v) is 17.4. The zero-order chi connectivity index (χ0) is 21.6. The van der Waals surface area contributed by atoms with Crippen LogP contribution in [0.1, 0.15) is 24.1 Å². The van der Waals surface area contributed by atoms with E-state index in [0.29, 0.717) is 5.70 Å². The summed E-state index contributed by atoms with van der Waals surface area (Å²) in [5.41, 5.74) is 12.7. The Kier molecular flexibility index (Phi) is 5.93. The Hall–Kier alpha value is -4.13. The summed E-state index contributed by atoms with van der Waals surface area (Å²) in [7, 11) is 1.77. The Balaban J connectivity index is 1.72. The highest BCUT2D eigenvalue weighted by Gasteiger charge is 2.11. The molecule has 4 aromatic rings. The van der Waals surface area contributed by atoms with E-state index in [0.717, 1.165) is 33.4 Å². The van der Waals surface area contributed by atoms with Crippen molar-refractivity contribution in [2.45, 2.75) is 13.0 Å². The molecule has 0 radical (unpaired) electrons. The number of nitrogens with one attached hydrogen (secondary N) is 3. The van der Waals surface area contributed by atoms with Gasteiger partial charge in [-0.05, 0) is 36.2 Å². The maximum atomic E-state index is 7.41. The highest BCUT2D eigenvalue weighted by molar-refractivity contribution is 5.92. The van der Waals surface area contributed by atoms with E-state index in [-0.39, 0.29) is 6.04 Å². The van der Waals surface area contributed by atoms with Gasteiger partial charge in [-0.25, -0.2) is 15.5 Å². The first-order valence-corrected chi connectivity index (χ1v) is 9.96. The molecule has 0 aliphatic rings. The van der Waals surface area contributed by atoms with Gasteiger partial charge in [0.15, 0.2) is 0 Å². The third kappa shape index (κ3) is 4.40. The molecular weight excluding hydrogens is 386 g/mol. The number of benzene rings is 2. The second-order valence-corrected chi connectivity index (χ2v) is 7.12. The topological polar surface area (TPSA) is 98.9 Å². The Bertz CT molecular complexity index is 1240. The maximum absolute atomic E-state index is 7.41. The fourth-order valence-corrected chi connectivity index (χ4v) is 3.44. The summed E-state index contributed by atoms with van der Waals surface area (Å²) in [6, 6.07) is 18.4. The van der Waals surface area contributed by atoms with Gasteiger partial charge in [-0.2, -0.15) is 5.11 Å². The minimum Gasteiger partial charge on any atom is -0.392 e. The molecule has 2 heterocycles. The van der Waals surface area contributed by atoms with Crippen LogP contribution in [0, 0.1) is 5.53 Å². The van der Waals surface area contributed by atoms with E-state index in [2.05, 4.69) is 55.8 Å². The van der Waals surface area contributed by atoms with Crippen molar-refractivity contribution in [3.63, 3.8) is 0 Å². The Labute approximate surface area is 180 Å². The molecule has 0 unspecified atom stereocenters. The summed E-state index contributed by atoms with van der Waals surface area (Å²) in [4.78, 5) is 13.3. The normalized spacial score (nSPS) is 12.4. The highest BCUT2D eigenvalue weighted by atomic mass is 15.0. The fraction of sp³-hybridized carbons (Fsp3) is 0.125. The van der Waals surface area contributed by atoms with E-state index in [4.69, 9.17) is 5.53 Å². The van der Waals surface area contributed by atoms with Gasteiger partial charge in [-0.3, -0.25) is 4.98 Å². The molecule has 0 aliphatic heterocycles. The molecule has 0 saturated carbocycles. The van der Waals surface area contributed by atoms with E-state index in [1.165, 1.54) is 5.56 Å². The van der Waals surface area contributed by atoms with Crippen LogP contribution in [0.25, 0.3) is 27.7 Å². The molecule has 3 N–H and O–H groups in total. The lowest BCUT2D eigenvalue weighted by atomic mass is 10.0. The molecule has 0 amide bonds. The molecule has 31 heavy (non-hydrogen) atoms. The van der Waals surface area contributed by atoms with Crippen LogP contribution >= 0.6 is 0 Å². The Morgan fingerprint density at radius 2 is 1.87 bits per heavy atom. The molecular formula is C24H23N7. The highest BCUT2D eigenvalue weighted by Crippen LogP contribution is 2.30. The van der Waals surface area contributed by atoms with Gasteiger partial charge in [0.05, 0.1) is 5.52 Å². The molecule has 154 valence electrons. The van der Waals surface area contributed by atoms with E-state index in [9.17, 15) is 0 Å². The van der Waals surface area contributed by atoms with Crippen molar-refractivity contribution in [1.29, 1.82) is 5.53 Å². The molecule has 0 fully saturated rings. The number of nitrogens with zero attached hydrogens (tertiary/aromatic N) is 4. The Morgan fingerprint density at radius 1 is 1.03 bits per heavy atom. The monoisotopic (exact) mass is 409 g/mol. The summed E-state index contributed by atoms with van der Waals surface area (Å²) >= 11 is 0. The minimum absolute atomic E-state index is 0.0980. The van der Waals surface area contributed by atoms with Crippen molar-refractivity contribution in [3.8, 4) is 11.1 Å². The minimum atomic E-state index is 0.0980. The zero-order valence-electron chi connectivity index (χ0n) is 17.4. The second kappa shape index (κ2) is 9.13. The van der Waals surface area contributed by atoms with E-state index < -0.39 is 0 Å². The van der Waals surface area contributed by atoms with E-state index in [1.807, 2.05) is 36.4 Å². The first-order chi connectivity index (χ1) is 15.2. The molecule has 0 bridgehead atoms. The first-order valence-electron chi connectivity index (χ1n) is 9.96. The van der Waals surface area contributed by atoms with Gasteiger partial charge in [-0.15, -0.1) is 0 Å². The van der Waals surface area contributed by atoms with Crippen LogP contribution in [0.2, 0.25) is 0 Å². The molecule has 0 saturated heterocycles. The SMILES string of the molecule is CN/C=C(\N=N)c1cncc(-c2ccc3ncnc(N[C@H](C)c4ccccc4)c3c2)c1. The summed E-state index contributed by atoms with van der Waals surface area (Å²) in [6.07, 6.45) is 6.75. The van der Waals surface area contributed by atoms with Crippen LogP contribution < -0.4 is 10.6 Å². The number of hydrogen-bond acceptors (Lipinski definition) is 7. The summed E-state index contributed by atoms with van der Waals surface area (Å²) < 4.78 is 0. The van der Waals surface area contributed by atoms with Gasteiger partial charge in [0, 0.05) is 48.2 Å². The lowest BCUT2D eigenvalue weighted by Crippen LogP contribution is -2.08. The van der Waals surface area contributed by atoms with Crippen molar-refractivity contribution < 1.29 is 0 Å². The number of aromatic nitrogens is 3. The van der Waals surface area contributed by atoms with Crippen molar-refractivity contribution in [1.82, 2.24) is 20.3 Å². The van der Waals surface area contributed by atoms with Crippen LogP contribution in [-0.4, -0.2) is 22.0 Å². The molecule has 7 heteroatoms. The molecule has 2 aromatic heterocycles. The maximum Gasteiger partial charge on any atom is 0.137 e. The number of pyridine rings is 1. The molecule has 4 rings (SSSR count). The van der Waals surface area contributed by atoms with Gasteiger partial charge in [0.2, 0.25) is 0 Å². The van der Waals surface area contributed by atoms with E-state index in [1.54, 1.807) is 32.0 Å². The number of rotatable bonds is 7. The van der Waals surface area contributed by atoms with Gasteiger partial charge < -0.3 is 10.6 Å². The average Bonchev–Trinajstić information content (AvgIpc) is 2.83. The smallest absolute Gasteiger partial charge is 0.137 e. The van der Waals surface area contributed by atoms with Crippen molar-refractivity contribution >= 4 is 22.4 Å². The number of fused-ring (bicyclic) bond motifs is 1. The lowest BCUT2D eigenvalue weighted by molar-refractivity contribution is 0.876. The van der Waals surface area contributed by atoms with Crippen molar-refractivity contribution in [3.05, 3.63) is 90.6 Å². The van der Waals surface area contributed by atoms with E-state index >= 15 is 0 Å². The van der Waals surface area contributed by atoms with Crippen molar-refractivity contribution in [2.75, 3.05) is 12.4 Å². The van der Waals surface area contributed by atoms with Crippen LogP contribution in [0.5, 0.6) is 0 Å². The molecule has 0 spiro atoms. The van der Waals surface area contributed by atoms with Crippen LogP contribution in [0.15, 0.2) is 84.6 Å². The van der Waals surface area contributed by atoms with Crippen molar-refractivity contribution in [2.24, 2.45) is 5.11 Å². The van der Waals surface area contributed by atoms with Crippen LogP contribution in [0.4, 0.5) is 5.82 Å².